The van der Waals surface area contributed by atoms with Gasteiger partial charge in [-0.1, -0.05) is 27.7 Å². The lowest BCUT2D eigenvalue weighted by Crippen LogP contribution is -2.64. The van der Waals surface area contributed by atoms with Crippen LogP contribution >= 0.6 is 0 Å². The summed E-state index contributed by atoms with van der Waals surface area (Å²) in [5, 5.41) is 3.85. The number of piperazine rings is 1. The third kappa shape index (κ3) is 5.34. The highest BCUT2D eigenvalue weighted by molar-refractivity contribution is 4.96. The van der Waals surface area contributed by atoms with Crippen molar-refractivity contribution in [2.45, 2.75) is 71.4 Å². The fourth-order valence-electron chi connectivity index (χ4n) is 3.36. The van der Waals surface area contributed by atoms with Crippen LogP contribution in [-0.2, 0) is 4.74 Å². The third-order valence-electron chi connectivity index (χ3n) is 4.88. The van der Waals surface area contributed by atoms with Gasteiger partial charge in [0.1, 0.15) is 0 Å². The van der Waals surface area contributed by atoms with Crippen LogP contribution in [0.4, 0.5) is 0 Å². The van der Waals surface area contributed by atoms with E-state index in [0.717, 1.165) is 19.1 Å². The molecule has 1 heterocycles. The molecule has 1 fully saturated rings. The number of ether oxygens (including phenoxy) is 1. The summed E-state index contributed by atoms with van der Waals surface area (Å²) >= 11 is 0. The molecule has 1 atom stereocenters. The number of rotatable bonds is 9. The molecule has 0 bridgehead atoms. The van der Waals surface area contributed by atoms with E-state index in [1.165, 1.54) is 45.2 Å². The van der Waals surface area contributed by atoms with Crippen molar-refractivity contribution in [3.05, 3.63) is 0 Å². The van der Waals surface area contributed by atoms with E-state index in [4.69, 9.17) is 4.74 Å². The second-order valence-corrected chi connectivity index (χ2v) is 6.82. The zero-order chi connectivity index (χ0) is 15.0. The molecule has 20 heavy (non-hydrogen) atoms. The summed E-state index contributed by atoms with van der Waals surface area (Å²) in [6.07, 6.45) is 6.20. The molecule has 0 aliphatic carbocycles. The van der Waals surface area contributed by atoms with Crippen LogP contribution in [-0.4, -0.2) is 49.8 Å². The Morgan fingerprint density at radius 3 is 2.50 bits per heavy atom. The monoisotopic (exact) mass is 284 g/mol. The molecule has 3 nitrogen and oxygen atoms in total. The molecule has 120 valence electrons. The van der Waals surface area contributed by atoms with Gasteiger partial charge in [0, 0.05) is 38.4 Å². The Hall–Kier alpha value is -0.120. The van der Waals surface area contributed by atoms with Crippen LogP contribution < -0.4 is 5.32 Å². The van der Waals surface area contributed by atoms with Gasteiger partial charge in [-0.05, 0) is 44.6 Å². The molecule has 0 spiro atoms. The second kappa shape index (κ2) is 9.01. The van der Waals surface area contributed by atoms with E-state index >= 15 is 0 Å². The van der Waals surface area contributed by atoms with Crippen molar-refractivity contribution in [3.63, 3.8) is 0 Å². The topological polar surface area (TPSA) is 24.5 Å². The van der Waals surface area contributed by atoms with Gasteiger partial charge in [-0.15, -0.1) is 0 Å². The Labute approximate surface area is 126 Å². The summed E-state index contributed by atoms with van der Waals surface area (Å²) in [6, 6.07) is 0.712. The van der Waals surface area contributed by atoms with Gasteiger partial charge in [0.25, 0.3) is 0 Å². The highest BCUT2D eigenvalue weighted by Gasteiger charge is 2.36. The van der Waals surface area contributed by atoms with Gasteiger partial charge < -0.3 is 10.1 Å². The van der Waals surface area contributed by atoms with E-state index in [9.17, 15) is 0 Å². The fraction of sp³-hybridized carbons (Fsp3) is 1.00. The SMILES string of the molecule is CCC1(CC)CN(CCCCOC)C(CC(C)C)CN1. The number of nitrogens with zero attached hydrogens (tertiary/aromatic N) is 1. The van der Waals surface area contributed by atoms with E-state index in [-0.39, 0.29) is 0 Å². The zero-order valence-corrected chi connectivity index (χ0v) is 14.4. The lowest BCUT2D eigenvalue weighted by molar-refractivity contribution is 0.0589. The number of methoxy groups -OCH3 is 1. The summed E-state index contributed by atoms with van der Waals surface area (Å²) in [7, 11) is 1.80. The Bertz CT molecular complexity index is 251. The van der Waals surface area contributed by atoms with Crippen LogP contribution in [0.2, 0.25) is 0 Å². The molecule has 0 aromatic heterocycles. The summed E-state index contributed by atoms with van der Waals surface area (Å²) in [5.74, 6) is 0.777. The molecular formula is C17H36N2O. The number of unbranched alkanes of at least 4 members (excludes halogenated alkanes) is 1. The van der Waals surface area contributed by atoms with Crippen molar-refractivity contribution in [1.29, 1.82) is 0 Å². The first kappa shape index (κ1) is 17.9. The molecule has 1 saturated heterocycles. The molecule has 1 N–H and O–H groups in total. The molecule has 0 radical (unpaired) electrons. The first-order valence-corrected chi connectivity index (χ1v) is 8.55. The molecule has 3 heteroatoms. The Kier molecular flexibility index (Phi) is 8.08. The highest BCUT2D eigenvalue weighted by Crippen LogP contribution is 2.25. The van der Waals surface area contributed by atoms with E-state index in [2.05, 4.69) is 37.9 Å². The Morgan fingerprint density at radius 1 is 1.25 bits per heavy atom. The molecule has 0 aromatic carbocycles. The zero-order valence-electron chi connectivity index (χ0n) is 14.4. The van der Waals surface area contributed by atoms with Gasteiger partial charge in [-0.25, -0.2) is 0 Å². The summed E-state index contributed by atoms with van der Waals surface area (Å²) < 4.78 is 5.18. The van der Waals surface area contributed by atoms with Gasteiger partial charge in [-0.3, -0.25) is 4.90 Å². The van der Waals surface area contributed by atoms with Gasteiger partial charge >= 0.3 is 0 Å². The van der Waals surface area contributed by atoms with Gasteiger partial charge in [0.15, 0.2) is 0 Å². The first-order chi connectivity index (χ1) is 9.56. The number of nitrogens with one attached hydrogen (secondary N) is 1. The van der Waals surface area contributed by atoms with E-state index in [1.807, 2.05) is 0 Å². The predicted molar refractivity (Wildman–Crippen MR) is 87.2 cm³/mol. The van der Waals surface area contributed by atoms with Crippen molar-refractivity contribution >= 4 is 0 Å². The molecular weight excluding hydrogens is 248 g/mol. The van der Waals surface area contributed by atoms with Gasteiger partial charge in [-0.2, -0.15) is 0 Å². The van der Waals surface area contributed by atoms with Crippen LogP contribution in [0.25, 0.3) is 0 Å². The minimum absolute atomic E-state index is 0.342. The second-order valence-electron chi connectivity index (χ2n) is 6.82. The quantitative estimate of drug-likeness (QED) is 0.658. The predicted octanol–water partition coefficient (Wildman–Crippen LogP) is 3.29. The van der Waals surface area contributed by atoms with Crippen molar-refractivity contribution in [3.8, 4) is 0 Å². The standard InChI is InChI=1S/C17H36N2O/c1-6-17(7-2)14-19(10-8-9-11-20-5)16(13-18-17)12-15(3)4/h15-16,18H,6-14H2,1-5H3. The normalized spacial score (nSPS) is 23.4. The lowest BCUT2D eigenvalue weighted by Gasteiger charge is -2.48. The highest BCUT2D eigenvalue weighted by atomic mass is 16.5. The van der Waals surface area contributed by atoms with Crippen LogP contribution in [0, 0.1) is 5.92 Å². The lowest BCUT2D eigenvalue weighted by atomic mass is 9.87. The summed E-state index contributed by atoms with van der Waals surface area (Å²) in [5.41, 5.74) is 0.342. The number of hydrogen-bond donors (Lipinski definition) is 1. The maximum Gasteiger partial charge on any atom is 0.0462 e. The maximum atomic E-state index is 5.18. The molecule has 0 saturated carbocycles. The average Bonchev–Trinajstić information content (AvgIpc) is 2.45. The fourth-order valence-corrected chi connectivity index (χ4v) is 3.36. The molecule has 0 amide bonds. The number of hydrogen-bond acceptors (Lipinski definition) is 3. The Balaban J connectivity index is 2.57. The van der Waals surface area contributed by atoms with Crippen LogP contribution in [0.1, 0.15) is 59.8 Å². The van der Waals surface area contributed by atoms with Crippen molar-refractivity contribution in [1.82, 2.24) is 10.2 Å². The van der Waals surface area contributed by atoms with Crippen molar-refractivity contribution in [2.75, 3.05) is 33.4 Å². The summed E-state index contributed by atoms with van der Waals surface area (Å²) in [6.45, 7) is 13.8. The van der Waals surface area contributed by atoms with Crippen molar-refractivity contribution in [2.24, 2.45) is 5.92 Å². The van der Waals surface area contributed by atoms with E-state index < -0.39 is 0 Å². The van der Waals surface area contributed by atoms with Gasteiger partial charge in [0.2, 0.25) is 0 Å². The molecule has 0 aromatic rings. The van der Waals surface area contributed by atoms with E-state index in [0.29, 0.717) is 11.6 Å². The maximum absolute atomic E-state index is 5.18. The largest absolute Gasteiger partial charge is 0.385 e. The third-order valence-corrected chi connectivity index (χ3v) is 4.88. The van der Waals surface area contributed by atoms with Crippen LogP contribution in [0.3, 0.4) is 0 Å². The van der Waals surface area contributed by atoms with Gasteiger partial charge in [0.05, 0.1) is 0 Å². The molecule has 1 unspecified atom stereocenters. The molecule has 1 aliphatic rings. The minimum atomic E-state index is 0.342. The summed E-state index contributed by atoms with van der Waals surface area (Å²) in [4.78, 5) is 2.75. The smallest absolute Gasteiger partial charge is 0.0462 e. The first-order valence-electron chi connectivity index (χ1n) is 8.55. The average molecular weight is 284 g/mol. The van der Waals surface area contributed by atoms with E-state index in [1.54, 1.807) is 7.11 Å². The molecule has 1 rings (SSSR count). The Morgan fingerprint density at radius 2 is 1.95 bits per heavy atom. The van der Waals surface area contributed by atoms with Crippen LogP contribution in [0.15, 0.2) is 0 Å². The van der Waals surface area contributed by atoms with Crippen molar-refractivity contribution < 1.29 is 4.74 Å². The van der Waals surface area contributed by atoms with Crippen LogP contribution in [0.5, 0.6) is 0 Å². The minimum Gasteiger partial charge on any atom is -0.385 e. The molecule has 1 aliphatic heterocycles.